The van der Waals surface area contributed by atoms with E-state index < -0.39 is 17.7 Å². The summed E-state index contributed by atoms with van der Waals surface area (Å²) < 4.78 is 40.1. The Balaban J connectivity index is 2.00. The number of aromatic nitrogens is 5. The molecule has 0 aliphatic carbocycles. The number of carboxylic acid groups (broad SMARTS) is 1. The first-order valence-corrected chi connectivity index (χ1v) is 7.55. The van der Waals surface area contributed by atoms with Gasteiger partial charge in [0.05, 0.1) is 11.1 Å². The van der Waals surface area contributed by atoms with Crippen LogP contribution < -0.4 is 0 Å². The van der Waals surface area contributed by atoms with Gasteiger partial charge in [0.15, 0.2) is 5.82 Å². The van der Waals surface area contributed by atoms with Crippen LogP contribution in [-0.2, 0) is 11.0 Å². The number of hydrogen-bond donors (Lipinski definition) is 1. The summed E-state index contributed by atoms with van der Waals surface area (Å²) >= 11 is 0. The topological polar surface area (TPSA) is 93.8 Å². The largest absolute Gasteiger partial charge is 0.478 e. The molecule has 0 aliphatic heterocycles. The molecule has 0 fully saturated rings. The molecule has 0 spiro atoms. The number of benzene rings is 1. The zero-order valence-electron chi connectivity index (χ0n) is 13.8. The number of carbonyl (C=O) groups is 1. The van der Waals surface area contributed by atoms with E-state index in [1.807, 2.05) is 0 Å². The summed E-state index contributed by atoms with van der Waals surface area (Å²) in [6.07, 6.45) is 1.79. The van der Waals surface area contributed by atoms with Crippen molar-refractivity contribution in [3.05, 3.63) is 59.9 Å². The zero-order chi connectivity index (χ0) is 19.6. The lowest BCUT2D eigenvalue weighted by atomic mass is 10.1. The molecule has 0 amide bonds. The highest BCUT2D eigenvalue weighted by molar-refractivity contribution is 6.18. The lowest BCUT2D eigenvalue weighted by Gasteiger charge is -2.09. The van der Waals surface area contributed by atoms with Gasteiger partial charge in [-0.1, -0.05) is 0 Å². The van der Waals surface area contributed by atoms with Crippen LogP contribution in [0.4, 0.5) is 13.2 Å². The highest BCUT2D eigenvalue weighted by Gasteiger charge is 2.31. The summed E-state index contributed by atoms with van der Waals surface area (Å²) in [6.45, 7) is 1.54. The Morgan fingerprint density at radius 3 is 2.52 bits per heavy atom. The molecule has 0 radical (unpaired) electrons. The van der Waals surface area contributed by atoms with Crippen LogP contribution in [0.1, 0.15) is 16.7 Å². The number of hydrogen-bond acceptors (Lipinski definition) is 5. The average molecular weight is 375 g/mol. The second-order valence-electron chi connectivity index (χ2n) is 5.61. The van der Waals surface area contributed by atoms with Crippen molar-refractivity contribution in [3.63, 3.8) is 0 Å². The molecule has 2 heterocycles. The predicted octanol–water partition coefficient (Wildman–Crippen LogP) is 3.15. The molecule has 3 rings (SSSR count). The second kappa shape index (κ2) is 6.98. The van der Waals surface area contributed by atoms with E-state index in [1.54, 1.807) is 0 Å². The van der Waals surface area contributed by atoms with Crippen molar-refractivity contribution in [3.8, 4) is 11.4 Å². The first-order valence-electron chi connectivity index (χ1n) is 7.55. The molecule has 3 aromatic rings. The fourth-order valence-corrected chi connectivity index (χ4v) is 2.37. The number of halogens is 3. The SMILES string of the molecule is Cc1cc(-c2ncn(C=C(C(=O)O)c3cncnc3)n2)cc(C(F)(F)F)c1. The summed E-state index contributed by atoms with van der Waals surface area (Å²) in [6, 6.07) is 3.49. The number of carboxylic acids is 1. The molecule has 0 saturated heterocycles. The molecule has 0 aliphatic rings. The summed E-state index contributed by atoms with van der Waals surface area (Å²) in [7, 11) is 0. The molecule has 10 heteroatoms. The lowest BCUT2D eigenvalue weighted by molar-refractivity contribution is -0.137. The fourth-order valence-electron chi connectivity index (χ4n) is 2.37. The number of aryl methyl sites for hydroxylation is 1. The summed E-state index contributed by atoms with van der Waals surface area (Å²) in [5, 5.41) is 13.4. The standard InChI is InChI=1S/C17H12F3N5O2/c1-10-2-11(4-13(3-10)17(18,19)20)15-23-9-25(24-15)7-14(16(26)27)12-5-21-8-22-6-12/h2-9H,1H3,(H,26,27). The Kier molecular flexibility index (Phi) is 4.72. The van der Waals surface area contributed by atoms with Crippen LogP contribution in [0.5, 0.6) is 0 Å². The van der Waals surface area contributed by atoms with Crippen molar-refractivity contribution in [2.24, 2.45) is 0 Å². The fraction of sp³-hybridized carbons (Fsp3) is 0.118. The van der Waals surface area contributed by atoms with Gasteiger partial charge in [-0.2, -0.15) is 13.2 Å². The zero-order valence-corrected chi connectivity index (χ0v) is 13.8. The maximum absolute atomic E-state index is 13.0. The minimum absolute atomic E-state index is 0.0366. The molecule has 2 aromatic heterocycles. The number of alkyl halides is 3. The Labute approximate surface area is 150 Å². The van der Waals surface area contributed by atoms with Crippen LogP contribution in [0.25, 0.3) is 23.2 Å². The first kappa shape index (κ1) is 18.2. The maximum atomic E-state index is 13.0. The van der Waals surface area contributed by atoms with Gasteiger partial charge < -0.3 is 5.11 Å². The lowest BCUT2D eigenvalue weighted by Crippen LogP contribution is -2.05. The normalized spacial score (nSPS) is 12.2. The van der Waals surface area contributed by atoms with Gasteiger partial charge in [-0.15, -0.1) is 5.10 Å². The van der Waals surface area contributed by atoms with E-state index in [0.717, 1.165) is 16.8 Å². The molecule has 138 valence electrons. The van der Waals surface area contributed by atoms with Crippen LogP contribution in [0.2, 0.25) is 0 Å². The third-order valence-corrected chi connectivity index (χ3v) is 3.53. The van der Waals surface area contributed by atoms with Gasteiger partial charge >= 0.3 is 12.1 Å². The number of rotatable bonds is 4. The van der Waals surface area contributed by atoms with Gasteiger partial charge in [-0.3, -0.25) is 0 Å². The molecule has 1 N–H and O–H groups in total. The van der Waals surface area contributed by atoms with E-state index in [0.29, 0.717) is 5.56 Å². The van der Waals surface area contributed by atoms with E-state index >= 15 is 0 Å². The van der Waals surface area contributed by atoms with Gasteiger partial charge in [-0.05, 0) is 30.7 Å². The minimum Gasteiger partial charge on any atom is -0.478 e. The maximum Gasteiger partial charge on any atom is 0.416 e. The Hall–Kier alpha value is -3.56. The van der Waals surface area contributed by atoms with Gasteiger partial charge in [0.25, 0.3) is 0 Å². The van der Waals surface area contributed by atoms with Crippen molar-refractivity contribution in [2.75, 3.05) is 0 Å². The first-order chi connectivity index (χ1) is 12.7. The van der Waals surface area contributed by atoms with Crippen molar-refractivity contribution in [1.82, 2.24) is 24.7 Å². The molecule has 0 bridgehead atoms. The van der Waals surface area contributed by atoms with Crippen LogP contribution >= 0.6 is 0 Å². The Bertz CT molecular complexity index is 1010. The Morgan fingerprint density at radius 1 is 1.19 bits per heavy atom. The summed E-state index contributed by atoms with van der Waals surface area (Å²) in [5.74, 6) is -1.20. The molecule has 1 aromatic carbocycles. The average Bonchev–Trinajstić information content (AvgIpc) is 3.08. The van der Waals surface area contributed by atoms with Crippen molar-refractivity contribution in [1.29, 1.82) is 0 Å². The van der Waals surface area contributed by atoms with E-state index in [-0.39, 0.29) is 22.5 Å². The smallest absolute Gasteiger partial charge is 0.416 e. The molecular formula is C17H12F3N5O2. The highest BCUT2D eigenvalue weighted by atomic mass is 19.4. The van der Waals surface area contributed by atoms with E-state index in [1.165, 1.54) is 44.2 Å². The van der Waals surface area contributed by atoms with Crippen molar-refractivity contribution in [2.45, 2.75) is 13.1 Å². The molecule has 0 atom stereocenters. The Morgan fingerprint density at radius 2 is 1.89 bits per heavy atom. The third-order valence-electron chi connectivity index (χ3n) is 3.53. The third kappa shape index (κ3) is 4.17. The van der Waals surface area contributed by atoms with Crippen molar-refractivity contribution < 1.29 is 23.1 Å². The molecule has 0 saturated carbocycles. The number of nitrogens with zero attached hydrogens (tertiary/aromatic N) is 5. The summed E-state index contributed by atoms with van der Waals surface area (Å²) in [5.41, 5.74) is -0.130. The number of aliphatic carboxylic acids is 1. The monoisotopic (exact) mass is 375 g/mol. The van der Waals surface area contributed by atoms with Gasteiger partial charge in [0, 0.05) is 29.7 Å². The van der Waals surface area contributed by atoms with Crippen LogP contribution in [0, 0.1) is 6.92 Å². The van der Waals surface area contributed by atoms with E-state index in [2.05, 4.69) is 20.1 Å². The molecule has 0 unspecified atom stereocenters. The van der Waals surface area contributed by atoms with Crippen LogP contribution in [0.3, 0.4) is 0 Å². The molecule has 27 heavy (non-hydrogen) atoms. The van der Waals surface area contributed by atoms with Gasteiger partial charge in [0.2, 0.25) is 0 Å². The van der Waals surface area contributed by atoms with E-state index in [4.69, 9.17) is 0 Å². The van der Waals surface area contributed by atoms with Gasteiger partial charge in [0.1, 0.15) is 12.7 Å². The van der Waals surface area contributed by atoms with Crippen molar-refractivity contribution >= 4 is 17.7 Å². The molecular weight excluding hydrogens is 363 g/mol. The second-order valence-corrected chi connectivity index (χ2v) is 5.61. The predicted molar refractivity (Wildman–Crippen MR) is 89.0 cm³/mol. The van der Waals surface area contributed by atoms with Crippen LogP contribution in [0.15, 0.2) is 43.2 Å². The minimum atomic E-state index is -4.49. The van der Waals surface area contributed by atoms with Crippen LogP contribution in [-0.4, -0.2) is 35.8 Å². The van der Waals surface area contributed by atoms with Gasteiger partial charge in [-0.25, -0.2) is 24.4 Å². The highest BCUT2D eigenvalue weighted by Crippen LogP contribution is 2.32. The van der Waals surface area contributed by atoms with E-state index in [9.17, 15) is 23.1 Å². The quantitative estimate of drug-likeness (QED) is 0.704. The molecule has 7 nitrogen and oxygen atoms in total. The summed E-state index contributed by atoms with van der Waals surface area (Å²) in [4.78, 5) is 23.0.